The van der Waals surface area contributed by atoms with Gasteiger partial charge in [0.1, 0.15) is 0 Å². The van der Waals surface area contributed by atoms with Gasteiger partial charge in [-0.15, -0.1) is 0 Å². The van der Waals surface area contributed by atoms with Crippen LogP contribution in [-0.4, -0.2) is 41.0 Å². The fraction of sp³-hybridized carbons (Fsp3) is 0.471. The molecule has 0 aliphatic carbocycles. The zero-order valence-corrected chi connectivity index (χ0v) is 12.8. The molecule has 1 aromatic heterocycles. The van der Waals surface area contributed by atoms with E-state index in [1.165, 1.54) is 29.5 Å². The molecule has 2 aromatic rings. The molecule has 1 aliphatic rings. The second-order valence-corrected chi connectivity index (χ2v) is 5.84. The number of aryl methyl sites for hydroxylation is 1. The summed E-state index contributed by atoms with van der Waals surface area (Å²) in [6.07, 6.45) is 6.77. The van der Waals surface area contributed by atoms with Crippen LogP contribution in [0.3, 0.4) is 0 Å². The van der Waals surface area contributed by atoms with Crippen molar-refractivity contribution in [2.45, 2.75) is 25.5 Å². The summed E-state index contributed by atoms with van der Waals surface area (Å²) in [5.41, 5.74) is 3.77. The van der Waals surface area contributed by atoms with E-state index in [0.717, 1.165) is 19.6 Å². The molecule has 1 fully saturated rings. The highest BCUT2D eigenvalue weighted by molar-refractivity contribution is 5.62. The van der Waals surface area contributed by atoms with Crippen molar-refractivity contribution in [1.82, 2.24) is 14.7 Å². The lowest BCUT2D eigenvalue weighted by Crippen LogP contribution is -2.38. The monoisotopic (exact) mass is 285 g/mol. The third kappa shape index (κ3) is 3.52. The minimum Gasteiger partial charge on any atom is -0.380 e. The highest BCUT2D eigenvalue weighted by Gasteiger charge is 2.19. The number of aromatic nitrogens is 2. The Hall–Kier alpha value is -1.65. The van der Waals surface area contributed by atoms with E-state index in [-0.39, 0.29) is 0 Å². The number of rotatable bonds is 4. The molecule has 21 heavy (non-hydrogen) atoms. The zero-order valence-electron chi connectivity index (χ0n) is 12.8. The van der Waals surface area contributed by atoms with Gasteiger partial charge in [-0.1, -0.05) is 18.2 Å². The van der Waals surface area contributed by atoms with E-state index < -0.39 is 0 Å². The summed E-state index contributed by atoms with van der Waals surface area (Å²) in [5, 5.41) is 4.25. The highest BCUT2D eigenvalue weighted by Crippen LogP contribution is 2.21. The van der Waals surface area contributed by atoms with Crippen LogP contribution in [0.1, 0.15) is 18.4 Å². The molecule has 0 amide bonds. The Morgan fingerprint density at radius 1 is 1.33 bits per heavy atom. The van der Waals surface area contributed by atoms with Gasteiger partial charge in [0.05, 0.1) is 12.3 Å². The summed E-state index contributed by atoms with van der Waals surface area (Å²) in [5.74, 6) is 0. The second-order valence-electron chi connectivity index (χ2n) is 5.84. The van der Waals surface area contributed by atoms with Crippen LogP contribution in [0.15, 0.2) is 36.7 Å². The van der Waals surface area contributed by atoms with Crippen LogP contribution in [0.25, 0.3) is 11.1 Å². The summed E-state index contributed by atoms with van der Waals surface area (Å²) in [4.78, 5) is 2.49. The molecule has 0 spiro atoms. The van der Waals surface area contributed by atoms with Crippen molar-refractivity contribution in [3.8, 4) is 11.1 Å². The molecule has 1 aliphatic heterocycles. The number of hydrogen-bond donors (Lipinski definition) is 0. The first kappa shape index (κ1) is 14.3. The van der Waals surface area contributed by atoms with Crippen LogP contribution >= 0.6 is 0 Å². The summed E-state index contributed by atoms with van der Waals surface area (Å²) in [6.45, 7) is 3.19. The minimum atomic E-state index is 0.389. The van der Waals surface area contributed by atoms with E-state index in [4.69, 9.17) is 4.74 Å². The Morgan fingerprint density at radius 3 is 3.00 bits per heavy atom. The number of methoxy groups -OCH3 is 1. The first-order valence-electron chi connectivity index (χ1n) is 7.58. The first-order chi connectivity index (χ1) is 10.2. The van der Waals surface area contributed by atoms with Gasteiger partial charge < -0.3 is 4.74 Å². The summed E-state index contributed by atoms with van der Waals surface area (Å²) < 4.78 is 7.35. The summed E-state index contributed by atoms with van der Waals surface area (Å²) >= 11 is 0. The van der Waals surface area contributed by atoms with Crippen LogP contribution in [0.5, 0.6) is 0 Å². The van der Waals surface area contributed by atoms with Crippen molar-refractivity contribution in [3.63, 3.8) is 0 Å². The maximum Gasteiger partial charge on any atom is 0.0698 e. The predicted octanol–water partition coefficient (Wildman–Crippen LogP) is 2.70. The maximum absolute atomic E-state index is 5.50. The molecule has 0 bridgehead atoms. The van der Waals surface area contributed by atoms with Crippen molar-refractivity contribution < 1.29 is 4.74 Å². The minimum absolute atomic E-state index is 0.389. The first-order valence-corrected chi connectivity index (χ1v) is 7.58. The lowest BCUT2D eigenvalue weighted by Gasteiger charge is -2.31. The van der Waals surface area contributed by atoms with Gasteiger partial charge in [0.2, 0.25) is 0 Å². The van der Waals surface area contributed by atoms with Crippen molar-refractivity contribution in [3.05, 3.63) is 42.2 Å². The third-order valence-corrected chi connectivity index (χ3v) is 4.17. The number of ether oxygens (including phenoxy) is 1. The van der Waals surface area contributed by atoms with Gasteiger partial charge in [-0.25, -0.2) is 0 Å². The number of piperidine rings is 1. The molecule has 112 valence electrons. The Labute approximate surface area is 126 Å². The average Bonchev–Trinajstić information content (AvgIpc) is 2.94. The molecular weight excluding hydrogens is 262 g/mol. The van der Waals surface area contributed by atoms with Gasteiger partial charge in [0, 0.05) is 39.0 Å². The Kier molecular flexibility index (Phi) is 4.36. The summed E-state index contributed by atoms with van der Waals surface area (Å²) in [7, 11) is 3.77. The predicted molar refractivity (Wildman–Crippen MR) is 84.0 cm³/mol. The van der Waals surface area contributed by atoms with E-state index in [2.05, 4.69) is 40.5 Å². The van der Waals surface area contributed by atoms with Gasteiger partial charge in [-0.2, -0.15) is 5.10 Å². The zero-order chi connectivity index (χ0) is 14.7. The molecular formula is C17H23N3O. The van der Waals surface area contributed by atoms with Gasteiger partial charge in [0.15, 0.2) is 0 Å². The van der Waals surface area contributed by atoms with E-state index >= 15 is 0 Å². The lowest BCUT2D eigenvalue weighted by molar-refractivity contribution is 0.0285. The molecule has 4 nitrogen and oxygen atoms in total. The lowest BCUT2D eigenvalue weighted by atomic mass is 10.0. The average molecular weight is 285 g/mol. The van der Waals surface area contributed by atoms with Crippen molar-refractivity contribution in [2.24, 2.45) is 7.05 Å². The largest absolute Gasteiger partial charge is 0.380 e. The van der Waals surface area contributed by atoms with Crippen molar-refractivity contribution in [2.75, 3.05) is 20.2 Å². The van der Waals surface area contributed by atoms with Crippen LogP contribution in [0.2, 0.25) is 0 Å². The maximum atomic E-state index is 5.50. The van der Waals surface area contributed by atoms with Crippen LogP contribution in [0, 0.1) is 0 Å². The number of hydrogen-bond acceptors (Lipinski definition) is 3. The fourth-order valence-electron chi connectivity index (χ4n) is 3.03. The molecule has 0 radical (unpaired) electrons. The van der Waals surface area contributed by atoms with E-state index in [1.807, 2.05) is 25.0 Å². The van der Waals surface area contributed by atoms with Crippen molar-refractivity contribution >= 4 is 0 Å². The smallest absolute Gasteiger partial charge is 0.0698 e. The van der Waals surface area contributed by atoms with Crippen LogP contribution < -0.4 is 0 Å². The normalized spacial score (nSPS) is 19.8. The molecule has 1 atom stereocenters. The quantitative estimate of drug-likeness (QED) is 0.865. The van der Waals surface area contributed by atoms with Crippen molar-refractivity contribution in [1.29, 1.82) is 0 Å². The van der Waals surface area contributed by atoms with Crippen LogP contribution in [0.4, 0.5) is 0 Å². The molecule has 4 heteroatoms. The SMILES string of the molecule is COC1CCCN(Cc2cccc(-c3cnn(C)c3)c2)C1. The standard InChI is InChI=1S/C17H23N3O/c1-19-12-16(10-18-19)15-6-3-5-14(9-15)11-20-8-4-7-17(13-20)21-2/h3,5-6,9-10,12,17H,4,7-8,11,13H2,1-2H3. The topological polar surface area (TPSA) is 30.3 Å². The third-order valence-electron chi connectivity index (χ3n) is 4.17. The van der Waals surface area contributed by atoms with E-state index in [9.17, 15) is 0 Å². The number of benzene rings is 1. The van der Waals surface area contributed by atoms with Gasteiger partial charge in [-0.3, -0.25) is 9.58 Å². The molecule has 0 N–H and O–H groups in total. The van der Waals surface area contributed by atoms with E-state index in [1.54, 1.807) is 0 Å². The fourth-order valence-corrected chi connectivity index (χ4v) is 3.03. The number of nitrogens with zero attached hydrogens (tertiary/aromatic N) is 3. The summed E-state index contributed by atoms with van der Waals surface area (Å²) in [6, 6.07) is 8.76. The molecule has 1 unspecified atom stereocenters. The molecule has 0 saturated carbocycles. The van der Waals surface area contributed by atoms with Gasteiger partial charge in [0.25, 0.3) is 0 Å². The van der Waals surface area contributed by atoms with Crippen LogP contribution in [-0.2, 0) is 18.3 Å². The second kappa shape index (κ2) is 6.41. The van der Waals surface area contributed by atoms with E-state index in [0.29, 0.717) is 6.10 Å². The Balaban J connectivity index is 1.71. The molecule has 1 saturated heterocycles. The Morgan fingerprint density at radius 2 is 2.24 bits per heavy atom. The molecule has 3 rings (SSSR count). The Bertz CT molecular complexity index is 593. The van der Waals surface area contributed by atoms with Gasteiger partial charge in [-0.05, 0) is 36.6 Å². The molecule has 1 aromatic carbocycles. The molecule has 2 heterocycles. The number of likely N-dealkylation sites (tertiary alicyclic amines) is 1. The van der Waals surface area contributed by atoms with Gasteiger partial charge >= 0.3 is 0 Å². The highest BCUT2D eigenvalue weighted by atomic mass is 16.5.